The zero-order valence-corrected chi connectivity index (χ0v) is 89.2. The van der Waals surface area contributed by atoms with E-state index in [0.29, 0.717) is 5.41 Å². The molecule has 0 nitrogen and oxygen atoms in total. The molecule has 0 aromatic heterocycles. The number of rotatable bonds is 17. The first-order valence-corrected chi connectivity index (χ1v) is 53.6. The van der Waals surface area contributed by atoms with E-state index in [2.05, 4.69) is 312 Å². The first-order valence-electron chi connectivity index (χ1n) is 53.6. The van der Waals surface area contributed by atoms with Crippen LogP contribution >= 0.6 is 0 Å². The average Bonchev–Trinajstić information content (AvgIpc) is 0.802. The Morgan fingerprint density at radius 3 is 0.767 bits per heavy atom. The van der Waals surface area contributed by atoms with Gasteiger partial charge < -0.3 is 0 Å². The predicted octanol–water partition coefficient (Wildman–Crippen LogP) is 38.4. The lowest BCUT2D eigenvalue weighted by Gasteiger charge is -2.47. The molecule has 0 saturated heterocycles. The molecule has 9 aliphatic carbocycles. The van der Waals surface area contributed by atoms with Gasteiger partial charge in [0.15, 0.2) is 0 Å². The van der Waals surface area contributed by atoms with E-state index >= 15 is 0 Å². The van der Waals surface area contributed by atoms with Gasteiger partial charge in [-0.2, -0.15) is 0 Å². The minimum Gasteiger partial charge on any atom is -0.0625 e. The first-order chi connectivity index (χ1) is 53.6. The van der Waals surface area contributed by atoms with Crippen molar-refractivity contribution in [3.05, 3.63) is 0 Å². The second-order valence-electron chi connectivity index (χ2n) is 51.6. The largest absolute Gasteiger partial charge is 0.0625 e. The molecular formula is C116H230. The Labute approximate surface area is 739 Å². The maximum Gasteiger partial charge on any atom is -0.0332 e. The summed E-state index contributed by atoms with van der Waals surface area (Å²) in [7, 11) is 0. The molecule has 9 aliphatic rings. The van der Waals surface area contributed by atoms with Crippen molar-refractivity contribution in [3.63, 3.8) is 0 Å². The van der Waals surface area contributed by atoms with Gasteiger partial charge in [-0.1, -0.05) is 344 Å². The Bertz CT molecular complexity index is 2310. The zero-order chi connectivity index (χ0) is 89.2. The molecule has 0 heteroatoms. The van der Waals surface area contributed by atoms with Crippen molar-refractivity contribution in [1.82, 2.24) is 0 Å². The van der Waals surface area contributed by atoms with E-state index in [1.165, 1.54) is 141 Å². The van der Waals surface area contributed by atoms with Crippen molar-refractivity contribution >= 4 is 0 Å². The van der Waals surface area contributed by atoms with Crippen LogP contribution in [0.1, 0.15) is 472 Å². The van der Waals surface area contributed by atoms with E-state index in [0.717, 1.165) is 266 Å². The molecule has 24 atom stereocenters. The lowest BCUT2D eigenvalue weighted by molar-refractivity contribution is 0.0169. The summed E-state index contributed by atoms with van der Waals surface area (Å²) in [4.78, 5) is 0. The Hall–Kier alpha value is 0. The van der Waals surface area contributed by atoms with Crippen LogP contribution in [0.4, 0.5) is 0 Å². The third-order valence-electron chi connectivity index (χ3n) is 37.3. The fraction of sp³-hybridized carbons (Fsp3) is 1.00. The molecule has 0 spiro atoms. The fourth-order valence-electron chi connectivity index (χ4n) is 29.1. The topological polar surface area (TPSA) is 0 Å². The summed E-state index contributed by atoms with van der Waals surface area (Å²) in [6.07, 6.45) is 37.2. The molecule has 0 heterocycles. The average molecular weight is 1630 g/mol. The van der Waals surface area contributed by atoms with Crippen LogP contribution in [0, 0.1) is 272 Å². The van der Waals surface area contributed by atoms with Gasteiger partial charge in [-0.15, -0.1) is 0 Å². The molecule has 0 amide bonds. The Morgan fingerprint density at radius 2 is 0.448 bits per heavy atom. The van der Waals surface area contributed by atoms with Crippen LogP contribution < -0.4 is 0 Å². The molecule has 0 aromatic rings. The molecule has 24 unspecified atom stereocenters. The van der Waals surface area contributed by atoms with Gasteiger partial charge in [-0.25, -0.2) is 0 Å². The molecular weight excluding hydrogens is 1390 g/mol. The summed E-state index contributed by atoms with van der Waals surface area (Å²) < 4.78 is 0. The molecule has 0 N–H and O–H groups in total. The quantitative estimate of drug-likeness (QED) is 0.136. The normalized spacial score (nSPS) is 37.0. The lowest BCUT2D eigenvalue weighted by atomic mass is 9.58. The molecule has 0 aromatic carbocycles. The van der Waals surface area contributed by atoms with Crippen LogP contribution in [0.15, 0.2) is 0 Å². The van der Waals surface area contributed by atoms with Crippen LogP contribution in [-0.2, 0) is 0 Å². The van der Waals surface area contributed by atoms with Crippen LogP contribution in [0.5, 0.6) is 0 Å². The van der Waals surface area contributed by atoms with Gasteiger partial charge >= 0.3 is 0 Å². The summed E-state index contributed by atoms with van der Waals surface area (Å²) in [5.74, 6) is 42.3. The van der Waals surface area contributed by atoms with Gasteiger partial charge in [0, 0.05) is 0 Å². The highest BCUT2D eigenvalue weighted by Gasteiger charge is 2.45. The van der Waals surface area contributed by atoms with E-state index in [4.69, 9.17) is 0 Å². The van der Waals surface area contributed by atoms with Gasteiger partial charge in [0.05, 0.1) is 0 Å². The molecule has 9 saturated carbocycles. The number of hydrogen-bond donors (Lipinski definition) is 0. The van der Waals surface area contributed by atoms with E-state index in [1.807, 2.05) is 0 Å². The summed E-state index contributed by atoms with van der Waals surface area (Å²) in [5, 5.41) is 0. The highest BCUT2D eigenvalue weighted by atomic mass is 14.5. The van der Waals surface area contributed by atoms with Crippen LogP contribution in [-0.4, -0.2) is 0 Å². The summed E-state index contributed by atoms with van der Waals surface area (Å²) in [6.45, 7) is 109. The third kappa shape index (κ3) is 36.4. The Morgan fingerprint density at radius 1 is 0.181 bits per heavy atom. The van der Waals surface area contributed by atoms with Crippen molar-refractivity contribution in [1.29, 1.82) is 0 Å². The van der Waals surface area contributed by atoms with Crippen molar-refractivity contribution in [3.8, 4) is 0 Å². The van der Waals surface area contributed by atoms with Gasteiger partial charge in [0.25, 0.3) is 0 Å². The van der Waals surface area contributed by atoms with E-state index < -0.39 is 0 Å². The summed E-state index contributed by atoms with van der Waals surface area (Å²) in [6, 6.07) is 0. The minimum absolute atomic E-state index is 0.489. The SMILES string of the molecule is CC(C)C1CC(C)C(C(C)C)C(C)C1.CC(C)C1CC(C)C(C(C)C)C(C)C1C.CC(C)C1CC(C)C(C(C)C)CC1C.CC(C)C1CCC(C(C)C)C(C(C)(C)C)C1.CC(C)C1CCC(C(C)C)C(C)C1.CC(C)C1CCC(C(C)C)C(C)C1C.CC(C)C1CCC(C(C)C)C(C2CCCCC2)C1.CC(C)C1CCC(C(C)C)CC1. The van der Waals surface area contributed by atoms with Gasteiger partial charge in [-0.05, 0) is 400 Å². The van der Waals surface area contributed by atoms with Crippen molar-refractivity contribution < 1.29 is 0 Å². The van der Waals surface area contributed by atoms with Crippen molar-refractivity contribution in [2.24, 2.45) is 272 Å². The van der Waals surface area contributed by atoms with E-state index in [-0.39, 0.29) is 0 Å². The molecule has 9 rings (SSSR count). The maximum absolute atomic E-state index is 2.49. The number of hydrogen-bond acceptors (Lipinski definition) is 0. The summed E-state index contributed by atoms with van der Waals surface area (Å²) >= 11 is 0. The molecule has 0 aliphatic heterocycles. The van der Waals surface area contributed by atoms with Gasteiger partial charge in [0.1, 0.15) is 0 Å². The standard InChI is InChI=1S/C18H34.C16H32.C15H30.3C14H28.C13H26.C12H24/c1-13(2)16-10-11-17(14(3)4)18(12-16)15-8-6-5-7-9-15;1-11(2)13-8-9-14(12(3)4)15(10-13)16(5,6)7;1-9(2)14-8-11(5)15(10(3)4)13(7)12(14)6;1-9(2)13-7-12(6)14(10(3)4)8-11(13)5;1-9(2)13-7-11(5)14(10(3)4)12(6)8-13;1-9(2)13-7-8-14(10(3)4)12(6)11(13)5;1-9(2)12-6-7-13(10(3)4)11(5)8-12;1-9(2)11-5-7-12(8-6-11)10(3)4/h13-18H,5-12H2,1-4H3;11-15H,8-10H2,1-7H3;9-15H,8H2,1-7H3;3*9-14H,7-8H2,1-6H3;9-13H,6-8H2,1-5H3;9-12H,5-8H2,1-4H3. The first kappa shape index (κ1) is 112. The fourth-order valence-corrected chi connectivity index (χ4v) is 29.1. The monoisotopic (exact) mass is 1620 g/mol. The zero-order valence-electron chi connectivity index (χ0n) is 89.2. The highest BCUT2D eigenvalue weighted by molar-refractivity contribution is 4.94. The lowest BCUT2D eigenvalue weighted by Crippen LogP contribution is -2.40. The maximum atomic E-state index is 2.49. The van der Waals surface area contributed by atoms with Gasteiger partial charge in [-0.3, -0.25) is 0 Å². The highest BCUT2D eigenvalue weighted by Crippen LogP contribution is 2.53. The van der Waals surface area contributed by atoms with Crippen LogP contribution in [0.2, 0.25) is 0 Å². The molecule has 0 radical (unpaired) electrons. The van der Waals surface area contributed by atoms with Crippen molar-refractivity contribution in [2.45, 2.75) is 472 Å². The molecule has 694 valence electrons. The molecule has 116 heavy (non-hydrogen) atoms. The van der Waals surface area contributed by atoms with Crippen LogP contribution in [0.25, 0.3) is 0 Å². The smallest absolute Gasteiger partial charge is 0.0332 e. The third-order valence-corrected chi connectivity index (χ3v) is 37.3. The van der Waals surface area contributed by atoms with Crippen molar-refractivity contribution in [2.75, 3.05) is 0 Å². The summed E-state index contributed by atoms with van der Waals surface area (Å²) in [5.41, 5.74) is 0.489. The predicted molar refractivity (Wildman–Crippen MR) is 530 cm³/mol. The second kappa shape index (κ2) is 54.2. The molecule has 9 fully saturated rings. The van der Waals surface area contributed by atoms with Crippen LogP contribution in [0.3, 0.4) is 0 Å². The van der Waals surface area contributed by atoms with Gasteiger partial charge in [0.2, 0.25) is 0 Å². The second-order valence-corrected chi connectivity index (χ2v) is 51.6. The Kier molecular flexibility index (Phi) is 52.4. The molecule has 0 bridgehead atoms. The van der Waals surface area contributed by atoms with E-state index in [9.17, 15) is 0 Å². The van der Waals surface area contributed by atoms with E-state index in [1.54, 1.807) is 19.3 Å². The Balaban J connectivity index is 0.000000451. The minimum atomic E-state index is 0.489.